The molecule has 0 saturated carbocycles. The Morgan fingerprint density at radius 2 is 1.65 bits per heavy atom. The highest BCUT2D eigenvalue weighted by atomic mass is 16.5. The Morgan fingerprint density at radius 1 is 0.941 bits per heavy atom. The molecule has 0 aliphatic carbocycles. The van der Waals surface area contributed by atoms with Crippen LogP contribution in [0.15, 0.2) is 24.3 Å². The van der Waals surface area contributed by atoms with Crippen LogP contribution in [0.5, 0.6) is 0 Å². The first kappa shape index (κ1) is 11.2. The van der Waals surface area contributed by atoms with Gasteiger partial charge < -0.3 is 10.1 Å². The normalized spacial score (nSPS) is 26.2. The van der Waals surface area contributed by atoms with Crippen molar-refractivity contribution in [3.63, 3.8) is 0 Å². The van der Waals surface area contributed by atoms with Crippen LogP contribution in [0, 0.1) is 0 Å². The molecule has 2 saturated heterocycles. The summed E-state index contributed by atoms with van der Waals surface area (Å²) in [4.78, 5) is 0. The van der Waals surface area contributed by atoms with E-state index < -0.39 is 0 Å². The summed E-state index contributed by atoms with van der Waals surface area (Å²) >= 11 is 0. The number of rotatable bonds is 2. The van der Waals surface area contributed by atoms with Gasteiger partial charge >= 0.3 is 0 Å². The lowest BCUT2D eigenvalue weighted by Gasteiger charge is -2.23. The molecule has 1 atom stereocenters. The van der Waals surface area contributed by atoms with Crippen molar-refractivity contribution in [3.8, 4) is 0 Å². The minimum atomic E-state index is 0.596. The molecule has 92 valence electrons. The average molecular weight is 231 g/mol. The predicted molar refractivity (Wildman–Crippen MR) is 69.2 cm³/mol. The van der Waals surface area contributed by atoms with E-state index in [2.05, 4.69) is 29.6 Å². The summed E-state index contributed by atoms with van der Waals surface area (Å²) in [5, 5.41) is 3.55. The topological polar surface area (TPSA) is 21.3 Å². The second-order valence-electron chi connectivity index (χ2n) is 5.20. The van der Waals surface area contributed by atoms with E-state index in [0.717, 1.165) is 13.2 Å². The van der Waals surface area contributed by atoms with Crippen molar-refractivity contribution in [2.45, 2.75) is 37.6 Å². The third kappa shape index (κ3) is 2.53. The van der Waals surface area contributed by atoms with Gasteiger partial charge in [0.25, 0.3) is 0 Å². The molecule has 1 aromatic rings. The standard InChI is InChI=1S/C15H21NO/c1-2-15(16-9-1)14-5-3-12(4-6-14)13-7-10-17-11-8-13/h3-6,13,15-16H,1-2,7-11H2. The maximum atomic E-state index is 5.42. The molecule has 0 spiro atoms. The third-order valence-electron chi connectivity index (χ3n) is 4.09. The Labute approximate surface area is 103 Å². The first-order chi connectivity index (χ1) is 8.43. The highest BCUT2D eigenvalue weighted by Gasteiger charge is 2.18. The van der Waals surface area contributed by atoms with Gasteiger partial charge in [-0.15, -0.1) is 0 Å². The molecule has 2 heterocycles. The molecule has 2 fully saturated rings. The summed E-state index contributed by atoms with van der Waals surface area (Å²) in [5.74, 6) is 0.717. The molecule has 3 rings (SSSR count). The number of hydrogen-bond donors (Lipinski definition) is 1. The number of hydrogen-bond acceptors (Lipinski definition) is 2. The number of nitrogens with one attached hydrogen (secondary N) is 1. The van der Waals surface area contributed by atoms with Crippen molar-refractivity contribution >= 4 is 0 Å². The van der Waals surface area contributed by atoms with Crippen molar-refractivity contribution in [1.82, 2.24) is 5.32 Å². The fourth-order valence-corrected chi connectivity index (χ4v) is 3.00. The largest absolute Gasteiger partial charge is 0.381 e. The van der Waals surface area contributed by atoms with Crippen LogP contribution in [0.1, 0.15) is 48.8 Å². The smallest absolute Gasteiger partial charge is 0.0471 e. The molecule has 17 heavy (non-hydrogen) atoms. The minimum Gasteiger partial charge on any atom is -0.381 e. The Morgan fingerprint density at radius 3 is 2.29 bits per heavy atom. The van der Waals surface area contributed by atoms with Crippen LogP contribution >= 0.6 is 0 Å². The van der Waals surface area contributed by atoms with Gasteiger partial charge in [0.05, 0.1) is 0 Å². The Balaban J connectivity index is 1.70. The van der Waals surface area contributed by atoms with Crippen LogP contribution in [0.3, 0.4) is 0 Å². The van der Waals surface area contributed by atoms with Gasteiger partial charge in [-0.3, -0.25) is 0 Å². The zero-order valence-corrected chi connectivity index (χ0v) is 10.3. The van der Waals surface area contributed by atoms with Gasteiger partial charge in [-0.1, -0.05) is 24.3 Å². The first-order valence-corrected chi connectivity index (χ1v) is 6.84. The van der Waals surface area contributed by atoms with Gasteiger partial charge in [0.2, 0.25) is 0 Å². The van der Waals surface area contributed by atoms with Crippen LogP contribution in [-0.2, 0) is 4.74 Å². The molecular formula is C15H21NO. The van der Waals surface area contributed by atoms with E-state index in [1.54, 1.807) is 0 Å². The molecule has 0 aromatic heterocycles. The van der Waals surface area contributed by atoms with Gasteiger partial charge in [-0.25, -0.2) is 0 Å². The highest BCUT2D eigenvalue weighted by Crippen LogP contribution is 2.29. The maximum Gasteiger partial charge on any atom is 0.0471 e. The summed E-state index contributed by atoms with van der Waals surface area (Å²) in [6.45, 7) is 3.03. The molecule has 1 N–H and O–H groups in total. The highest BCUT2D eigenvalue weighted by molar-refractivity contribution is 5.28. The Bertz CT molecular complexity index is 348. The van der Waals surface area contributed by atoms with Crippen molar-refractivity contribution in [1.29, 1.82) is 0 Å². The van der Waals surface area contributed by atoms with Crippen molar-refractivity contribution in [3.05, 3.63) is 35.4 Å². The summed E-state index contributed by atoms with van der Waals surface area (Å²) in [6.07, 6.45) is 4.96. The summed E-state index contributed by atoms with van der Waals surface area (Å²) in [6, 6.07) is 9.87. The maximum absolute atomic E-state index is 5.42. The first-order valence-electron chi connectivity index (χ1n) is 6.84. The van der Waals surface area contributed by atoms with Crippen molar-refractivity contribution in [2.75, 3.05) is 19.8 Å². The zero-order chi connectivity index (χ0) is 11.5. The van der Waals surface area contributed by atoms with E-state index >= 15 is 0 Å². The van der Waals surface area contributed by atoms with E-state index in [0.29, 0.717) is 12.0 Å². The SMILES string of the molecule is c1cc(C2CCCN2)ccc1C1CCOCC1. The molecule has 0 radical (unpaired) electrons. The molecule has 1 unspecified atom stereocenters. The number of ether oxygens (including phenoxy) is 1. The van der Waals surface area contributed by atoms with E-state index in [-0.39, 0.29) is 0 Å². The summed E-state index contributed by atoms with van der Waals surface area (Å²) in [5.41, 5.74) is 2.95. The molecule has 0 bridgehead atoms. The van der Waals surface area contributed by atoms with Crippen molar-refractivity contribution in [2.24, 2.45) is 0 Å². The molecule has 1 aromatic carbocycles. The van der Waals surface area contributed by atoms with E-state index in [1.165, 1.54) is 43.4 Å². The van der Waals surface area contributed by atoms with Crippen molar-refractivity contribution < 1.29 is 4.74 Å². The van der Waals surface area contributed by atoms with E-state index in [9.17, 15) is 0 Å². The van der Waals surface area contributed by atoms with Gasteiger partial charge in [0, 0.05) is 19.3 Å². The summed E-state index contributed by atoms with van der Waals surface area (Å²) in [7, 11) is 0. The monoisotopic (exact) mass is 231 g/mol. The lowest BCUT2D eigenvalue weighted by Crippen LogP contribution is -2.15. The molecule has 2 aliphatic rings. The van der Waals surface area contributed by atoms with Gasteiger partial charge in [-0.05, 0) is 49.3 Å². The predicted octanol–water partition coefficient (Wildman–Crippen LogP) is 3.01. The van der Waals surface area contributed by atoms with E-state index in [1.807, 2.05) is 0 Å². The lowest BCUT2D eigenvalue weighted by molar-refractivity contribution is 0.0853. The molecule has 2 nitrogen and oxygen atoms in total. The zero-order valence-electron chi connectivity index (χ0n) is 10.3. The molecular weight excluding hydrogens is 210 g/mol. The second kappa shape index (κ2) is 5.19. The number of benzene rings is 1. The lowest BCUT2D eigenvalue weighted by atomic mass is 9.90. The average Bonchev–Trinajstić information content (AvgIpc) is 2.94. The van der Waals surface area contributed by atoms with Crippen LogP contribution in [0.2, 0.25) is 0 Å². The molecule has 2 aliphatic heterocycles. The summed E-state index contributed by atoms with van der Waals surface area (Å²) < 4.78 is 5.42. The molecule has 0 amide bonds. The van der Waals surface area contributed by atoms with Gasteiger partial charge in [0.1, 0.15) is 0 Å². The van der Waals surface area contributed by atoms with Crippen LogP contribution in [0.4, 0.5) is 0 Å². The molecule has 2 heteroatoms. The van der Waals surface area contributed by atoms with Crippen LogP contribution in [-0.4, -0.2) is 19.8 Å². The van der Waals surface area contributed by atoms with Crippen LogP contribution in [0.25, 0.3) is 0 Å². The minimum absolute atomic E-state index is 0.596. The van der Waals surface area contributed by atoms with Gasteiger partial charge in [0.15, 0.2) is 0 Å². The second-order valence-corrected chi connectivity index (χ2v) is 5.20. The fourth-order valence-electron chi connectivity index (χ4n) is 3.00. The van der Waals surface area contributed by atoms with Gasteiger partial charge in [-0.2, -0.15) is 0 Å². The quantitative estimate of drug-likeness (QED) is 0.845. The van der Waals surface area contributed by atoms with Crippen LogP contribution < -0.4 is 5.32 Å². The Hall–Kier alpha value is -0.860. The Kier molecular flexibility index (Phi) is 3.44. The van der Waals surface area contributed by atoms with E-state index in [4.69, 9.17) is 4.74 Å². The fraction of sp³-hybridized carbons (Fsp3) is 0.600. The third-order valence-corrected chi connectivity index (χ3v) is 4.09.